The molecular formula is C14H27ClN4. The Morgan fingerprint density at radius 1 is 1.37 bits per heavy atom. The maximum Gasteiger partial charge on any atom is 0.0850 e. The Kier molecular flexibility index (Phi) is 6.83. The monoisotopic (exact) mass is 286 g/mol. The smallest absolute Gasteiger partial charge is 0.0850 e. The van der Waals surface area contributed by atoms with Gasteiger partial charge in [0.15, 0.2) is 0 Å². The number of halogens is 1. The van der Waals surface area contributed by atoms with E-state index in [-0.39, 0.29) is 0 Å². The summed E-state index contributed by atoms with van der Waals surface area (Å²) in [5.74, 6) is 0. The second-order valence-corrected chi connectivity index (χ2v) is 5.61. The summed E-state index contributed by atoms with van der Waals surface area (Å²) in [5.41, 5.74) is 2.14. The van der Waals surface area contributed by atoms with Crippen molar-refractivity contribution in [2.45, 2.75) is 39.2 Å². The highest BCUT2D eigenvalue weighted by atomic mass is 35.5. The molecule has 1 unspecified atom stereocenters. The number of hydrogen-bond acceptors (Lipinski definition) is 3. The quantitative estimate of drug-likeness (QED) is 0.795. The van der Waals surface area contributed by atoms with Crippen LogP contribution in [0.15, 0.2) is 0 Å². The number of likely N-dealkylation sites (N-methyl/N-ethyl adjacent to an activating group) is 1. The SMILES string of the molecule is CCNC(CCN(C)C)Cc1c(Cl)c(CC)nn1C. The van der Waals surface area contributed by atoms with E-state index >= 15 is 0 Å². The van der Waals surface area contributed by atoms with Crippen molar-refractivity contribution < 1.29 is 0 Å². The van der Waals surface area contributed by atoms with E-state index in [0.29, 0.717) is 6.04 Å². The normalized spacial score (nSPS) is 13.2. The van der Waals surface area contributed by atoms with Crippen LogP contribution in [0.25, 0.3) is 0 Å². The van der Waals surface area contributed by atoms with Gasteiger partial charge < -0.3 is 10.2 Å². The first-order valence-corrected chi connectivity index (χ1v) is 7.45. The van der Waals surface area contributed by atoms with Crippen LogP contribution in [0, 0.1) is 0 Å². The van der Waals surface area contributed by atoms with E-state index in [1.807, 2.05) is 11.7 Å². The fourth-order valence-corrected chi connectivity index (χ4v) is 2.62. The van der Waals surface area contributed by atoms with E-state index in [1.165, 1.54) is 0 Å². The third kappa shape index (κ3) is 4.79. The predicted octanol–water partition coefficient (Wildman–Crippen LogP) is 2.11. The first-order valence-electron chi connectivity index (χ1n) is 7.07. The summed E-state index contributed by atoms with van der Waals surface area (Å²) in [7, 11) is 6.19. The third-order valence-electron chi connectivity index (χ3n) is 3.36. The molecule has 1 aromatic rings. The Hall–Kier alpha value is -0.580. The zero-order valence-corrected chi connectivity index (χ0v) is 13.6. The molecular weight excluding hydrogens is 260 g/mol. The van der Waals surface area contributed by atoms with E-state index in [0.717, 1.165) is 48.8 Å². The third-order valence-corrected chi connectivity index (χ3v) is 3.80. The molecule has 4 nitrogen and oxygen atoms in total. The minimum absolute atomic E-state index is 0.449. The molecule has 0 aliphatic heterocycles. The Morgan fingerprint density at radius 3 is 2.53 bits per heavy atom. The Bertz CT molecular complexity index is 387. The number of nitrogens with zero attached hydrogens (tertiary/aromatic N) is 3. The van der Waals surface area contributed by atoms with Crippen molar-refractivity contribution in [2.75, 3.05) is 27.2 Å². The van der Waals surface area contributed by atoms with Gasteiger partial charge in [-0.2, -0.15) is 5.10 Å². The van der Waals surface area contributed by atoms with Gasteiger partial charge in [0, 0.05) is 19.5 Å². The number of rotatable bonds is 8. The summed E-state index contributed by atoms with van der Waals surface area (Å²) in [4.78, 5) is 2.21. The zero-order valence-electron chi connectivity index (χ0n) is 12.8. The number of aryl methyl sites for hydroxylation is 2. The minimum Gasteiger partial charge on any atom is -0.314 e. The van der Waals surface area contributed by atoms with Crippen LogP contribution < -0.4 is 5.32 Å². The molecule has 1 N–H and O–H groups in total. The van der Waals surface area contributed by atoms with E-state index in [1.54, 1.807) is 0 Å². The number of hydrogen-bond donors (Lipinski definition) is 1. The molecule has 19 heavy (non-hydrogen) atoms. The molecule has 1 atom stereocenters. The summed E-state index contributed by atoms with van der Waals surface area (Å²) in [5, 5.41) is 8.87. The molecule has 0 aliphatic rings. The van der Waals surface area contributed by atoms with Gasteiger partial charge in [0.05, 0.1) is 16.4 Å². The van der Waals surface area contributed by atoms with Gasteiger partial charge in [-0.25, -0.2) is 0 Å². The van der Waals surface area contributed by atoms with Crippen LogP contribution in [0.2, 0.25) is 5.02 Å². The van der Waals surface area contributed by atoms with Crippen molar-refractivity contribution >= 4 is 11.6 Å². The lowest BCUT2D eigenvalue weighted by atomic mass is 10.1. The van der Waals surface area contributed by atoms with Crippen LogP contribution in [0.4, 0.5) is 0 Å². The second kappa shape index (κ2) is 7.88. The lowest BCUT2D eigenvalue weighted by Crippen LogP contribution is -2.34. The van der Waals surface area contributed by atoms with Crippen LogP contribution in [-0.4, -0.2) is 47.9 Å². The fraction of sp³-hybridized carbons (Fsp3) is 0.786. The molecule has 0 fully saturated rings. The lowest BCUT2D eigenvalue weighted by molar-refractivity contribution is 0.356. The van der Waals surface area contributed by atoms with Crippen LogP contribution in [0.1, 0.15) is 31.7 Å². The molecule has 110 valence electrons. The van der Waals surface area contributed by atoms with Crippen molar-refractivity contribution in [3.63, 3.8) is 0 Å². The van der Waals surface area contributed by atoms with Gasteiger partial charge in [-0.15, -0.1) is 0 Å². The lowest BCUT2D eigenvalue weighted by Gasteiger charge is -2.20. The maximum atomic E-state index is 6.42. The highest BCUT2D eigenvalue weighted by Crippen LogP contribution is 2.22. The van der Waals surface area contributed by atoms with Crippen molar-refractivity contribution in [1.29, 1.82) is 0 Å². The average molecular weight is 287 g/mol. The maximum absolute atomic E-state index is 6.42. The minimum atomic E-state index is 0.449. The van der Waals surface area contributed by atoms with Gasteiger partial charge >= 0.3 is 0 Å². The van der Waals surface area contributed by atoms with Gasteiger partial charge in [-0.3, -0.25) is 4.68 Å². The summed E-state index contributed by atoms with van der Waals surface area (Å²) < 4.78 is 1.93. The molecule has 1 heterocycles. The van der Waals surface area contributed by atoms with Gasteiger partial charge in [0.1, 0.15) is 0 Å². The average Bonchev–Trinajstić information content (AvgIpc) is 2.63. The summed E-state index contributed by atoms with van der Waals surface area (Å²) in [6, 6.07) is 0.449. The first kappa shape index (κ1) is 16.5. The van der Waals surface area contributed by atoms with Crippen molar-refractivity contribution in [3.8, 4) is 0 Å². The van der Waals surface area contributed by atoms with Crippen molar-refractivity contribution in [2.24, 2.45) is 7.05 Å². The molecule has 0 saturated carbocycles. The van der Waals surface area contributed by atoms with Gasteiger partial charge in [-0.05, 0) is 40.0 Å². The molecule has 0 amide bonds. The topological polar surface area (TPSA) is 33.1 Å². The summed E-state index contributed by atoms with van der Waals surface area (Å²) in [6.45, 7) is 6.29. The Labute approximate surface area is 122 Å². The fourth-order valence-electron chi connectivity index (χ4n) is 2.25. The van der Waals surface area contributed by atoms with E-state index in [9.17, 15) is 0 Å². The number of nitrogens with one attached hydrogen (secondary N) is 1. The largest absolute Gasteiger partial charge is 0.314 e. The van der Waals surface area contributed by atoms with E-state index in [4.69, 9.17) is 11.6 Å². The molecule has 0 spiro atoms. The highest BCUT2D eigenvalue weighted by molar-refractivity contribution is 6.31. The Morgan fingerprint density at radius 2 is 2.05 bits per heavy atom. The standard InChI is InChI=1S/C14H27ClN4/c1-6-12-14(15)13(19(5)17-12)10-11(16-7-2)8-9-18(3)4/h11,16H,6-10H2,1-5H3. The predicted molar refractivity (Wildman–Crippen MR) is 81.9 cm³/mol. The molecule has 0 bridgehead atoms. The van der Waals surface area contributed by atoms with Crippen LogP contribution in [0.3, 0.4) is 0 Å². The van der Waals surface area contributed by atoms with Crippen LogP contribution in [-0.2, 0) is 19.9 Å². The van der Waals surface area contributed by atoms with Gasteiger partial charge in [0.2, 0.25) is 0 Å². The molecule has 0 saturated heterocycles. The van der Waals surface area contributed by atoms with E-state index in [2.05, 4.69) is 43.3 Å². The second-order valence-electron chi connectivity index (χ2n) is 5.24. The van der Waals surface area contributed by atoms with Crippen LogP contribution in [0.5, 0.6) is 0 Å². The van der Waals surface area contributed by atoms with Crippen LogP contribution >= 0.6 is 11.6 Å². The van der Waals surface area contributed by atoms with Gasteiger partial charge in [-0.1, -0.05) is 25.4 Å². The molecule has 5 heteroatoms. The molecule has 1 rings (SSSR count). The number of aromatic nitrogens is 2. The highest BCUT2D eigenvalue weighted by Gasteiger charge is 2.17. The first-order chi connectivity index (χ1) is 8.99. The van der Waals surface area contributed by atoms with Crippen molar-refractivity contribution in [3.05, 3.63) is 16.4 Å². The van der Waals surface area contributed by atoms with Crippen molar-refractivity contribution in [1.82, 2.24) is 20.0 Å². The summed E-state index contributed by atoms with van der Waals surface area (Å²) in [6.07, 6.45) is 2.93. The Balaban J connectivity index is 2.75. The summed E-state index contributed by atoms with van der Waals surface area (Å²) >= 11 is 6.42. The molecule has 0 aromatic carbocycles. The molecule has 0 aliphatic carbocycles. The zero-order chi connectivity index (χ0) is 14.4. The van der Waals surface area contributed by atoms with E-state index < -0.39 is 0 Å². The molecule has 1 aromatic heterocycles. The van der Waals surface area contributed by atoms with Gasteiger partial charge in [0.25, 0.3) is 0 Å². The molecule has 0 radical (unpaired) electrons.